The van der Waals surface area contributed by atoms with Crippen LogP contribution >= 0.6 is 0 Å². The smallest absolute Gasteiger partial charge is 0.224 e. The Balaban J connectivity index is 1.56. The summed E-state index contributed by atoms with van der Waals surface area (Å²) in [6, 6.07) is 12.3. The van der Waals surface area contributed by atoms with Crippen LogP contribution in [0.25, 0.3) is 0 Å². The summed E-state index contributed by atoms with van der Waals surface area (Å²) in [6.45, 7) is 6.04. The fraction of sp³-hybridized carbons (Fsp3) is 0.556. The summed E-state index contributed by atoms with van der Waals surface area (Å²) in [7, 11) is 0. The number of aliphatic hydroxyl groups is 1. The number of carbonyl (C=O) groups is 2. The number of fused-ring (bicyclic) bond motifs is 2. The number of halogens is 1. The Bertz CT molecular complexity index is 1300. The molecule has 0 saturated heterocycles. The molecule has 1 saturated carbocycles. The van der Waals surface area contributed by atoms with Gasteiger partial charge in [0.25, 0.3) is 0 Å². The van der Waals surface area contributed by atoms with Gasteiger partial charge in [0.1, 0.15) is 11.6 Å². The molecule has 1 aliphatic carbocycles. The second-order valence-corrected chi connectivity index (χ2v) is 12.3. The molecule has 2 aromatic rings. The lowest BCUT2D eigenvalue weighted by Gasteiger charge is -2.29. The molecule has 0 aromatic heterocycles. The van der Waals surface area contributed by atoms with Crippen molar-refractivity contribution in [3.05, 3.63) is 65.0 Å². The number of nitrogens with zero attached hydrogens (tertiary/aromatic N) is 1. The standard InChI is InChI=1S/C36H48FN3O4/c1-4-10-28-13-14-34(42)40(17-5-2)18-7-8-19-44-31-22-27(21-30(37)24-31)23-32(39-35(28)43)33(41)25-38-36(15-16-36)29-12-9-11-26(6-3)20-29/h1,9,11-12,20-22,24,28,32-33,38,41H,5-8,10,13-19,23,25H2,2-3H3,(H,39,43)/t28?,32-,33+/m0/s1. The van der Waals surface area contributed by atoms with Crippen molar-refractivity contribution in [2.45, 2.75) is 95.7 Å². The lowest BCUT2D eigenvalue weighted by atomic mass is 9.95. The Kier molecular flexibility index (Phi) is 12.2. The largest absolute Gasteiger partial charge is 0.493 e. The lowest BCUT2D eigenvalue weighted by Crippen LogP contribution is -2.51. The monoisotopic (exact) mass is 605 g/mol. The van der Waals surface area contributed by atoms with Gasteiger partial charge in [0, 0.05) is 50.0 Å². The molecule has 1 heterocycles. The van der Waals surface area contributed by atoms with Crippen LogP contribution < -0.4 is 15.4 Å². The van der Waals surface area contributed by atoms with Gasteiger partial charge < -0.3 is 25.4 Å². The van der Waals surface area contributed by atoms with Gasteiger partial charge in [-0.1, -0.05) is 38.1 Å². The molecule has 2 aliphatic rings. The molecule has 1 fully saturated rings. The van der Waals surface area contributed by atoms with E-state index >= 15 is 0 Å². The number of nitrogens with one attached hydrogen (secondary N) is 2. The predicted octanol–water partition coefficient (Wildman–Crippen LogP) is 4.89. The number of rotatable bonds is 9. The van der Waals surface area contributed by atoms with Crippen molar-refractivity contribution in [1.29, 1.82) is 0 Å². The van der Waals surface area contributed by atoms with Gasteiger partial charge in [0.05, 0.1) is 18.8 Å². The zero-order valence-corrected chi connectivity index (χ0v) is 26.2. The first kappa shape index (κ1) is 33.5. The molecule has 4 rings (SSSR count). The van der Waals surface area contributed by atoms with Crippen molar-refractivity contribution in [1.82, 2.24) is 15.5 Å². The van der Waals surface area contributed by atoms with Gasteiger partial charge in [-0.2, -0.15) is 0 Å². The summed E-state index contributed by atoms with van der Waals surface area (Å²) in [5.41, 5.74) is 2.87. The number of hydrogen-bond donors (Lipinski definition) is 3. The van der Waals surface area contributed by atoms with Crippen LogP contribution in [-0.4, -0.2) is 60.2 Å². The third-order valence-electron chi connectivity index (χ3n) is 8.85. The summed E-state index contributed by atoms with van der Waals surface area (Å²) in [5.74, 6) is 1.67. The Morgan fingerprint density at radius 2 is 2.02 bits per heavy atom. The van der Waals surface area contributed by atoms with Gasteiger partial charge in [-0.3, -0.25) is 9.59 Å². The first-order chi connectivity index (χ1) is 21.3. The Morgan fingerprint density at radius 1 is 1.20 bits per heavy atom. The van der Waals surface area contributed by atoms with Gasteiger partial charge >= 0.3 is 0 Å². The van der Waals surface area contributed by atoms with E-state index < -0.39 is 23.9 Å². The molecule has 3 N–H and O–H groups in total. The number of benzene rings is 2. The van der Waals surface area contributed by atoms with E-state index in [0.717, 1.165) is 38.5 Å². The first-order valence-corrected chi connectivity index (χ1v) is 16.2. The number of amides is 2. The van der Waals surface area contributed by atoms with Crippen LogP contribution in [0.1, 0.15) is 81.9 Å². The van der Waals surface area contributed by atoms with Crippen molar-refractivity contribution < 1.29 is 23.8 Å². The molecule has 2 aromatic carbocycles. The average Bonchev–Trinajstić information content (AvgIpc) is 3.81. The normalized spacial score (nSPS) is 21.8. The van der Waals surface area contributed by atoms with E-state index in [1.165, 1.54) is 23.3 Å². The predicted molar refractivity (Wildman–Crippen MR) is 171 cm³/mol. The number of aliphatic hydroxyl groups excluding tert-OH is 1. The number of terminal acetylenes is 1. The Morgan fingerprint density at radius 3 is 2.75 bits per heavy atom. The van der Waals surface area contributed by atoms with Crippen molar-refractivity contribution in [3.63, 3.8) is 0 Å². The second-order valence-electron chi connectivity index (χ2n) is 12.3. The fourth-order valence-electron chi connectivity index (χ4n) is 6.03. The minimum absolute atomic E-state index is 0.00305. The molecule has 0 radical (unpaired) electrons. The van der Waals surface area contributed by atoms with E-state index in [2.05, 4.69) is 47.7 Å². The summed E-state index contributed by atoms with van der Waals surface area (Å²) in [6.07, 6.45) is 10.8. The van der Waals surface area contributed by atoms with Crippen LogP contribution in [0.4, 0.5) is 4.39 Å². The molecule has 1 aliphatic heterocycles. The minimum atomic E-state index is -0.964. The van der Waals surface area contributed by atoms with E-state index in [-0.39, 0.29) is 43.2 Å². The van der Waals surface area contributed by atoms with Crippen molar-refractivity contribution >= 4 is 11.8 Å². The van der Waals surface area contributed by atoms with Gasteiger partial charge in [-0.05, 0) is 80.2 Å². The summed E-state index contributed by atoms with van der Waals surface area (Å²) >= 11 is 0. The third-order valence-corrected chi connectivity index (χ3v) is 8.85. The van der Waals surface area contributed by atoms with E-state index in [9.17, 15) is 19.1 Å². The van der Waals surface area contributed by atoms with Crippen molar-refractivity contribution in [2.24, 2.45) is 5.92 Å². The van der Waals surface area contributed by atoms with E-state index in [1.807, 2.05) is 11.8 Å². The highest BCUT2D eigenvalue weighted by atomic mass is 19.1. The quantitative estimate of drug-likeness (QED) is 0.355. The van der Waals surface area contributed by atoms with Crippen LogP contribution in [0, 0.1) is 24.1 Å². The molecule has 7 nitrogen and oxygen atoms in total. The maximum atomic E-state index is 14.7. The van der Waals surface area contributed by atoms with Crippen molar-refractivity contribution in [3.8, 4) is 18.1 Å². The molecule has 8 heteroatoms. The van der Waals surface area contributed by atoms with Crippen molar-refractivity contribution in [2.75, 3.05) is 26.2 Å². The molecule has 1 unspecified atom stereocenters. The molecular formula is C36H48FN3O4. The number of hydrogen-bond acceptors (Lipinski definition) is 5. The molecule has 0 spiro atoms. The number of carbonyl (C=O) groups excluding carboxylic acids is 2. The van der Waals surface area contributed by atoms with E-state index in [0.29, 0.717) is 37.4 Å². The SMILES string of the molecule is C#CCC1CCC(=O)N(CCC)CCCCOc2cc(F)cc(c2)C[C@@H]([C@H](O)CNC2(c3cccc(CC)c3)CC2)NC1=O. The Labute approximate surface area is 261 Å². The zero-order chi connectivity index (χ0) is 31.5. The maximum absolute atomic E-state index is 14.7. The number of ether oxygens (including phenoxy) is 1. The average molecular weight is 606 g/mol. The van der Waals surface area contributed by atoms with E-state index in [4.69, 9.17) is 11.2 Å². The second kappa shape index (κ2) is 16.1. The van der Waals surface area contributed by atoms with Crippen LogP contribution in [0.2, 0.25) is 0 Å². The minimum Gasteiger partial charge on any atom is -0.493 e. The maximum Gasteiger partial charge on any atom is 0.224 e. The van der Waals surface area contributed by atoms with Gasteiger partial charge in [0.15, 0.2) is 0 Å². The number of aryl methyl sites for hydroxylation is 1. The molecule has 2 amide bonds. The van der Waals surface area contributed by atoms with Crippen LogP contribution in [-0.2, 0) is 28.0 Å². The molecule has 238 valence electrons. The molecular weight excluding hydrogens is 557 g/mol. The summed E-state index contributed by atoms with van der Waals surface area (Å²) in [5, 5.41) is 18.1. The third kappa shape index (κ3) is 9.30. The van der Waals surface area contributed by atoms with Gasteiger partial charge in [-0.25, -0.2) is 4.39 Å². The highest BCUT2D eigenvalue weighted by molar-refractivity contribution is 5.81. The summed E-state index contributed by atoms with van der Waals surface area (Å²) in [4.78, 5) is 28.6. The van der Waals surface area contributed by atoms with Crippen LogP contribution in [0.15, 0.2) is 42.5 Å². The Hall–Kier alpha value is -3.41. The molecule has 44 heavy (non-hydrogen) atoms. The zero-order valence-electron chi connectivity index (χ0n) is 26.2. The topological polar surface area (TPSA) is 90.9 Å². The molecule has 2 bridgehead atoms. The van der Waals surface area contributed by atoms with Crippen LogP contribution in [0.3, 0.4) is 0 Å². The first-order valence-electron chi connectivity index (χ1n) is 16.2. The van der Waals surface area contributed by atoms with Gasteiger partial charge in [-0.15, -0.1) is 12.3 Å². The highest BCUT2D eigenvalue weighted by Crippen LogP contribution is 2.45. The molecule has 3 atom stereocenters. The summed E-state index contributed by atoms with van der Waals surface area (Å²) < 4.78 is 20.6. The van der Waals surface area contributed by atoms with Crippen LogP contribution in [0.5, 0.6) is 5.75 Å². The highest BCUT2D eigenvalue weighted by Gasteiger charge is 2.44. The van der Waals surface area contributed by atoms with Gasteiger partial charge in [0.2, 0.25) is 11.8 Å². The fourth-order valence-corrected chi connectivity index (χ4v) is 6.03. The van der Waals surface area contributed by atoms with E-state index in [1.54, 1.807) is 6.07 Å². The lowest BCUT2D eigenvalue weighted by molar-refractivity contribution is -0.132.